The Kier molecular flexibility index (Phi) is 3.34. The quantitative estimate of drug-likeness (QED) is 0.475. The second kappa shape index (κ2) is 4.92. The molecule has 0 unspecified atom stereocenters. The molecule has 0 radical (unpaired) electrons. The maximum atomic E-state index is 11.5. The first-order chi connectivity index (χ1) is 8.22. The van der Waals surface area contributed by atoms with Gasteiger partial charge in [-0.3, -0.25) is 10.1 Å². The molecule has 1 amide bonds. The van der Waals surface area contributed by atoms with Gasteiger partial charge in [-0.25, -0.2) is 0 Å². The molecule has 0 spiro atoms. The van der Waals surface area contributed by atoms with E-state index >= 15 is 0 Å². The molecule has 1 aromatic rings. The third-order valence-electron chi connectivity index (χ3n) is 2.16. The molecular formula is C11H10N2O3S. The van der Waals surface area contributed by atoms with E-state index in [1.165, 1.54) is 0 Å². The molecule has 1 fully saturated rings. The zero-order valence-corrected chi connectivity index (χ0v) is 9.82. The lowest BCUT2D eigenvalue weighted by molar-refractivity contribution is -0.115. The average molecular weight is 250 g/mol. The highest BCUT2D eigenvalue weighted by atomic mass is 32.2. The molecule has 1 aromatic carbocycles. The first-order valence-corrected chi connectivity index (χ1v) is 5.61. The van der Waals surface area contributed by atoms with E-state index in [4.69, 9.17) is 9.94 Å². The second-order valence-electron chi connectivity index (χ2n) is 3.24. The number of nitrogens with zero attached hydrogens (tertiary/aromatic N) is 1. The molecular weight excluding hydrogens is 240 g/mol. The van der Waals surface area contributed by atoms with Crippen LogP contribution in [0.15, 0.2) is 34.3 Å². The number of methoxy groups -OCH3 is 1. The number of rotatable bonds is 2. The molecule has 0 saturated carbocycles. The molecule has 1 aliphatic heterocycles. The predicted molar refractivity (Wildman–Crippen MR) is 65.9 cm³/mol. The highest BCUT2D eigenvalue weighted by Gasteiger charge is 2.23. The summed E-state index contributed by atoms with van der Waals surface area (Å²) in [5, 5.41) is 14.1. The lowest BCUT2D eigenvalue weighted by Gasteiger charge is -1.99. The molecule has 5 nitrogen and oxygen atoms in total. The number of hydrogen-bond acceptors (Lipinski definition) is 5. The molecule has 0 aromatic heterocycles. The number of ether oxygens (including phenoxy) is 1. The van der Waals surface area contributed by atoms with Crippen LogP contribution in [0.2, 0.25) is 0 Å². The van der Waals surface area contributed by atoms with Gasteiger partial charge in [0.2, 0.25) is 5.17 Å². The van der Waals surface area contributed by atoms with Crippen molar-refractivity contribution < 1.29 is 14.7 Å². The van der Waals surface area contributed by atoms with E-state index in [1.54, 1.807) is 13.2 Å². The first kappa shape index (κ1) is 11.5. The van der Waals surface area contributed by atoms with Crippen molar-refractivity contribution in [2.24, 2.45) is 5.16 Å². The summed E-state index contributed by atoms with van der Waals surface area (Å²) < 4.78 is 5.04. The van der Waals surface area contributed by atoms with Crippen LogP contribution < -0.4 is 10.1 Å². The number of hydrogen-bond donors (Lipinski definition) is 2. The molecule has 88 valence electrons. The number of nitrogens with one attached hydrogen (secondary N) is 1. The van der Waals surface area contributed by atoms with Crippen molar-refractivity contribution in [1.29, 1.82) is 0 Å². The molecule has 0 atom stereocenters. The van der Waals surface area contributed by atoms with Gasteiger partial charge in [0, 0.05) is 0 Å². The number of benzene rings is 1. The fourth-order valence-electron chi connectivity index (χ4n) is 1.33. The van der Waals surface area contributed by atoms with Gasteiger partial charge in [0.25, 0.3) is 5.91 Å². The number of carbonyl (C=O) groups excluding carboxylic acids is 1. The van der Waals surface area contributed by atoms with E-state index in [1.807, 2.05) is 24.3 Å². The van der Waals surface area contributed by atoms with Crippen molar-refractivity contribution in [3.63, 3.8) is 0 Å². The smallest absolute Gasteiger partial charge is 0.264 e. The molecule has 1 aliphatic rings. The summed E-state index contributed by atoms with van der Waals surface area (Å²) >= 11 is 1.09. The van der Waals surface area contributed by atoms with E-state index in [0.29, 0.717) is 4.91 Å². The van der Waals surface area contributed by atoms with Crippen molar-refractivity contribution in [2.75, 3.05) is 7.11 Å². The van der Waals surface area contributed by atoms with Crippen LogP contribution in [0.4, 0.5) is 0 Å². The first-order valence-electron chi connectivity index (χ1n) is 4.80. The van der Waals surface area contributed by atoms with Crippen LogP contribution in [0, 0.1) is 0 Å². The van der Waals surface area contributed by atoms with Crippen molar-refractivity contribution in [2.45, 2.75) is 0 Å². The van der Waals surface area contributed by atoms with Crippen molar-refractivity contribution >= 4 is 28.9 Å². The summed E-state index contributed by atoms with van der Waals surface area (Å²) in [5.41, 5.74) is 0.877. The van der Waals surface area contributed by atoms with Gasteiger partial charge in [0.05, 0.1) is 12.0 Å². The van der Waals surface area contributed by atoms with Crippen LogP contribution in [0.25, 0.3) is 6.08 Å². The van der Waals surface area contributed by atoms with Gasteiger partial charge in [0.15, 0.2) is 0 Å². The Balaban J connectivity index is 2.21. The number of oxime groups is 1. The molecule has 1 heterocycles. The average Bonchev–Trinajstić information content (AvgIpc) is 2.71. The van der Waals surface area contributed by atoms with Crippen LogP contribution in [0.1, 0.15) is 5.56 Å². The molecule has 1 saturated heterocycles. The summed E-state index contributed by atoms with van der Waals surface area (Å²) in [7, 11) is 1.59. The monoisotopic (exact) mass is 250 g/mol. The number of carbonyl (C=O) groups is 1. The Hall–Kier alpha value is -1.95. The number of amides is 1. The largest absolute Gasteiger partial charge is 0.497 e. The minimum atomic E-state index is -0.265. The second-order valence-corrected chi connectivity index (χ2v) is 4.27. The zero-order chi connectivity index (χ0) is 12.3. The van der Waals surface area contributed by atoms with E-state index in [0.717, 1.165) is 23.1 Å². The molecule has 2 N–H and O–H groups in total. The molecule has 0 bridgehead atoms. The highest BCUT2D eigenvalue weighted by molar-refractivity contribution is 8.18. The van der Waals surface area contributed by atoms with E-state index < -0.39 is 0 Å². The fourth-order valence-corrected chi connectivity index (χ4v) is 2.06. The van der Waals surface area contributed by atoms with Gasteiger partial charge in [0.1, 0.15) is 5.75 Å². The van der Waals surface area contributed by atoms with E-state index in [9.17, 15) is 4.79 Å². The summed E-state index contributed by atoms with van der Waals surface area (Å²) in [5.74, 6) is 0.493. The van der Waals surface area contributed by atoms with E-state index in [-0.39, 0.29) is 11.1 Å². The summed E-state index contributed by atoms with van der Waals surface area (Å²) in [4.78, 5) is 11.9. The Labute approximate surface area is 102 Å². The third-order valence-corrected chi connectivity index (χ3v) is 3.06. The van der Waals surface area contributed by atoms with Crippen LogP contribution in [-0.2, 0) is 4.79 Å². The maximum absolute atomic E-state index is 11.5. The minimum absolute atomic E-state index is 0.190. The van der Waals surface area contributed by atoms with Crippen molar-refractivity contribution in [1.82, 2.24) is 5.32 Å². The van der Waals surface area contributed by atoms with Crippen LogP contribution in [0.3, 0.4) is 0 Å². The van der Waals surface area contributed by atoms with Gasteiger partial charge in [-0.2, -0.15) is 0 Å². The van der Waals surface area contributed by atoms with Gasteiger partial charge in [-0.05, 0) is 35.5 Å². The maximum Gasteiger partial charge on any atom is 0.264 e. The van der Waals surface area contributed by atoms with Crippen LogP contribution in [-0.4, -0.2) is 23.4 Å². The van der Waals surface area contributed by atoms with E-state index in [2.05, 4.69) is 10.5 Å². The molecule has 6 heteroatoms. The Bertz CT molecular complexity index is 494. The van der Waals surface area contributed by atoms with Crippen LogP contribution in [0.5, 0.6) is 5.75 Å². The topological polar surface area (TPSA) is 70.9 Å². The van der Waals surface area contributed by atoms with Gasteiger partial charge < -0.3 is 9.94 Å². The van der Waals surface area contributed by atoms with Crippen molar-refractivity contribution in [3.05, 3.63) is 34.7 Å². The fraction of sp³-hybridized carbons (Fsp3) is 0.0909. The number of thioether (sulfide) groups is 1. The lowest BCUT2D eigenvalue weighted by atomic mass is 10.2. The standard InChI is InChI=1S/C11H10N2O3S/c1-16-8-4-2-7(3-5-8)6-9-10(14)12-11(13-15)17-9/h2-6,15H,1H3,(H,12,13,14). The third kappa shape index (κ3) is 2.59. The van der Waals surface area contributed by atoms with Crippen molar-refractivity contribution in [3.8, 4) is 5.75 Å². The SMILES string of the molecule is COc1ccc(C=C2SC(=NO)NC2=O)cc1. The normalized spacial score (nSPS) is 19.7. The summed E-state index contributed by atoms with van der Waals surface area (Å²) in [6.07, 6.45) is 1.72. The molecule has 2 rings (SSSR count). The summed E-state index contributed by atoms with van der Waals surface area (Å²) in [6, 6.07) is 7.30. The Morgan fingerprint density at radius 2 is 2.12 bits per heavy atom. The molecule has 0 aliphatic carbocycles. The Morgan fingerprint density at radius 3 is 2.65 bits per heavy atom. The minimum Gasteiger partial charge on any atom is -0.497 e. The number of amidine groups is 1. The molecule has 17 heavy (non-hydrogen) atoms. The van der Waals surface area contributed by atoms with Gasteiger partial charge in [-0.15, -0.1) is 0 Å². The Morgan fingerprint density at radius 1 is 1.41 bits per heavy atom. The summed E-state index contributed by atoms with van der Waals surface area (Å²) in [6.45, 7) is 0. The van der Waals surface area contributed by atoms with Crippen LogP contribution >= 0.6 is 11.8 Å². The zero-order valence-electron chi connectivity index (χ0n) is 9.01. The predicted octanol–water partition coefficient (Wildman–Crippen LogP) is 1.64. The van der Waals surface area contributed by atoms with Gasteiger partial charge >= 0.3 is 0 Å². The van der Waals surface area contributed by atoms with Gasteiger partial charge in [-0.1, -0.05) is 17.3 Å². The highest BCUT2D eigenvalue weighted by Crippen LogP contribution is 2.26. The lowest BCUT2D eigenvalue weighted by Crippen LogP contribution is -2.19.